The highest BCUT2D eigenvalue weighted by Crippen LogP contribution is 2.38. The van der Waals surface area contributed by atoms with Gasteiger partial charge in [0, 0.05) is 6.04 Å². The zero-order chi connectivity index (χ0) is 13.7. The van der Waals surface area contributed by atoms with Crippen LogP contribution >= 0.6 is 0 Å². The molecule has 0 radical (unpaired) electrons. The SMILES string of the molecule is CC1(C)OB(/C=C/c2cncn2C2CC2)OC1(C)C. The van der Waals surface area contributed by atoms with E-state index < -0.39 is 0 Å². The minimum absolute atomic E-state index is 0.279. The molecular formula is C14H21BN2O2. The van der Waals surface area contributed by atoms with E-state index in [-0.39, 0.29) is 18.3 Å². The average Bonchev–Trinajstić information content (AvgIpc) is 2.99. The molecule has 1 saturated heterocycles. The summed E-state index contributed by atoms with van der Waals surface area (Å²) >= 11 is 0. The van der Waals surface area contributed by atoms with Crippen molar-refractivity contribution in [3.05, 3.63) is 24.2 Å². The summed E-state index contributed by atoms with van der Waals surface area (Å²) in [5, 5.41) is 0. The maximum absolute atomic E-state index is 5.94. The monoisotopic (exact) mass is 260 g/mol. The maximum Gasteiger partial charge on any atom is 0.487 e. The van der Waals surface area contributed by atoms with Gasteiger partial charge in [0.25, 0.3) is 0 Å². The fourth-order valence-electron chi connectivity index (χ4n) is 2.25. The third-order valence-electron chi connectivity index (χ3n) is 4.33. The molecule has 2 fully saturated rings. The molecule has 0 atom stereocenters. The quantitative estimate of drug-likeness (QED) is 0.784. The molecule has 19 heavy (non-hydrogen) atoms. The van der Waals surface area contributed by atoms with Crippen LogP contribution in [0, 0.1) is 0 Å². The van der Waals surface area contributed by atoms with Gasteiger partial charge in [0.15, 0.2) is 0 Å². The van der Waals surface area contributed by atoms with E-state index >= 15 is 0 Å². The fourth-order valence-corrected chi connectivity index (χ4v) is 2.25. The molecule has 0 aromatic carbocycles. The Morgan fingerprint density at radius 2 is 1.89 bits per heavy atom. The van der Waals surface area contributed by atoms with Gasteiger partial charge in [-0.2, -0.15) is 0 Å². The molecule has 0 amide bonds. The summed E-state index contributed by atoms with van der Waals surface area (Å²) in [5.74, 6) is 1.98. The summed E-state index contributed by atoms with van der Waals surface area (Å²) in [6.45, 7) is 8.26. The van der Waals surface area contributed by atoms with E-state index in [2.05, 4.69) is 37.2 Å². The number of hydrogen-bond donors (Lipinski definition) is 0. The van der Waals surface area contributed by atoms with E-state index in [9.17, 15) is 0 Å². The first-order chi connectivity index (χ1) is 8.89. The molecule has 4 nitrogen and oxygen atoms in total. The van der Waals surface area contributed by atoms with E-state index in [1.807, 2.05) is 24.6 Å². The Bertz CT molecular complexity index is 487. The van der Waals surface area contributed by atoms with Crippen LogP contribution < -0.4 is 0 Å². The van der Waals surface area contributed by atoms with Crippen LogP contribution in [0.4, 0.5) is 0 Å². The van der Waals surface area contributed by atoms with Crippen molar-refractivity contribution in [2.75, 3.05) is 0 Å². The van der Waals surface area contributed by atoms with Gasteiger partial charge in [-0.25, -0.2) is 4.98 Å². The van der Waals surface area contributed by atoms with Crippen molar-refractivity contribution in [3.8, 4) is 0 Å². The van der Waals surface area contributed by atoms with Gasteiger partial charge in [-0.3, -0.25) is 0 Å². The smallest absolute Gasteiger partial charge is 0.400 e. The average molecular weight is 260 g/mol. The predicted octanol–water partition coefficient (Wildman–Crippen LogP) is 2.86. The van der Waals surface area contributed by atoms with Crippen molar-refractivity contribution >= 4 is 13.2 Å². The summed E-state index contributed by atoms with van der Waals surface area (Å²) in [5.41, 5.74) is 0.564. The van der Waals surface area contributed by atoms with Crippen LogP contribution in [-0.4, -0.2) is 27.9 Å². The second-order valence-corrected chi connectivity index (χ2v) is 6.44. The second kappa shape index (κ2) is 4.22. The summed E-state index contributed by atoms with van der Waals surface area (Å²) in [6.07, 6.45) is 8.36. The van der Waals surface area contributed by atoms with Crippen LogP contribution in [0.25, 0.3) is 6.08 Å². The van der Waals surface area contributed by atoms with Gasteiger partial charge in [0.2, 0.25) is 0 Å². The molecule has 1 aliphatic heterocycles. The minimum atomic E-state index is -0.285. The van der Waals surface area contributed by atoms with Crippen molar-refractivity contribution in [1.29, 1.82) is 0 Å². The van der Waals surface area contributed by atoms with Gasteiger partial charge in [0.05, 0.1) is 29.4 Å². The zero-order valence-electron chi connectivity index (χ0n) is 12.1. The van der Waals surface area contributed by atoms with Crippen LogP contribution in [0.1, 0.15) is 52.3 Å². The van der Waals surface area contributed by atoms with Crippen molar-refractivity contribution in [1.82, 2.24) is 9.55 Å². The van der Waals surface area contributed by atoms with E-state index in [4.69, 9.17) is 9.31 Å². The summed E-state index contributed by atoms with van der Waals surface area (Å²) < 4.78 is 14.1. The van der Waals surface area contributed by atoms with E-state index in [0.717, 1.165) is 5.69 Å². The summed E-state index contributed by atoms with van der Waals surface area (Å²) in [7, 11) is -0.285. The highest BCUT2D eigenvalue weighted by molar-refractivity contribution is 6.52. The van der Waals surface area contributed by atoms with Gasteiger partial charge in [-0.05, 0) is 46.6 Å². The summed E-state index contributed by atoms with van der Waals surface area (Å²) in [4.78, 5) is 4.22. The lowest BCUT2D eigenvalue weighted by atomic mass is 9.90. The third kappa shape index (κ3) is 2.37. The molecule has 0 N–H and O–H groups in total. The highest BCUT2D eigenvalue weighted by Gasteiger charge is 2.50. The number of hydrogen-bond acceptors (Lipinski definition) is 3. The number of aromatic nitrogens is 2. The number of rotatable bonds is 3. The van der Waals surface area contributed by atoms with E-state index in [0.29, 0.717) is 6.04 Å². The molecule has 5 heteroatoms. The molecule has 0 spiro atoms. The summed E-state index contributed by atoms with van der Waals surface area (Å²) in [6, 6.07) is 0.639. The van der Waals surface area contributed by atoms with E-state index in [1.165, 1.54) is 12.8 Å². The molecular weight excluding hydrogens is 239 g/mol. The molecule has 0 bridgehead atoms. The standard InChI is InChI=1S/C14H21BN2O2/c1-13(2)14(3,4)19-15(18-13)8-7-12-9-16-10-17(12)11-5-6-11/h7-11H,5-6H2,1-4H3/b8-7+. The molecule has 1 aliphatic carbocycles. The van der Waals surface area contributed by atoms with Crippen LogP contribution in [0.3, 0.4) is 0 Å². The topological polar surface area (TPSA) is 36.3 Å². The normalized spacial score (nSPS) is 25.4. The molecule has 0 unspecified atom stereocenters. The molecule has 1 aromatic heterocycles. The first-order valence-electron chi connectivity index (χ1n) is 6.95. The van der Waals surface area contributed by atoms with Gasteiger partial charge < -0.3 is 13.9 Å². The lowest BCUT2D eigenvalue weighted by molar-refractivity contribution is 0.00578. The van der Waals surface area contributed by atoms with Crippen LogP contribution in [0.2, 0.25) is 0 Å². The van der Waals surface area contributed by atoms with Crippen molar-refractivity contribution < 1.29 is 9.31 Å². The fraction of sp³-hybridized carbons (Fsp3) is 0.643. The Morgan fingerprint density at radius 3 is 2.47 bits per heavy atom. The largest absolute Gasteiger partial charge is 0.487 e. The molecule has 1 saturated carbocycles. The van der Waals surface area contributed by atoms with Gasteiger partial charge in [-0.15, -0.1) is 0 Å². The van der Waals surface area contributed by atoms with Crippen molar-refractivity contribution in [2.24, 2.45) is 0 Å². The predicted molar refractivity (Wildman–Crippen MR) is 75.6 cm³/mol. The molecule has 2 aliphatic rings. The van der Waals surface area contributed by atoms with Crippen LogP contribution in [-0.2, 0) is 9.31 Å². The van der Waals surface area contributed by atoms with Crippen molar-refractivity contribution in [2.45, 2.75) is 57.8 Å². The zero-order valence-corrected chi connectivity index (χ0v) is 12.1. The molecule has 2 heterocycles. The first-order valence-corrected chi connectivity index (χ1v) is 6.95. The van der Waals surface area contributed by atoms with Crippen molar-refractivity contribution in [3.63, 3.8) is 0 Å². The third-order valence-corrected chi connectivity index (χ3v) is 4.33. The Hall–Kier alpha value is -1.07. The first kappa shape index (κ1) is 12.9. The Morgan fingerprint density at radius 1 is 1.26 bits per heavy atom. The molecule has 3 rings (SSSR count). The maximum atomic E-state index is 5.94. The highest BCUT2D eigenvalue weighted by atomic mass is 16.7. The van der Waals surface area contributed by atoms with Gasteiger partial charge in [-0.1, -0.05) is 5.98 Å². The van der Waals surface area contributed by atoms with Gasteiger partial charge >= 0.3 is 7.12 Å². The molecule has 102 valence electrons. The Balaban J connectivity index is 1.72. The second-order valence-electron chi connectivity index (χ2n) is 6.44. The Labute approximate surface area is 115 Å². The van der Waals surface area contributed by atoms with Crippen LogP contribution in [0.5, 0.6) is 0 Å². The number of imidazole rings is 1. The minimum Gasteiger partial charge on any atom is -0.400 e. The lowest BCUT2D eigenvalue weighted by Crippen LogP contribution is -2.41. The van der Waals surface area contributed by atoms with Gasteiger partial charge in [0.1, 0.15) is 0 Å². The Kier molecular flexibility index (Phi) is 2.87. The number of nitrogens with zero attached hydrogens (tertiary/aromatic N) is 2. The van der Waals surface area contributed by atoms with E-state index in [1.54, 1.807) is 0 Å². The van der Waals surface area contributed by atoms with Crippen LogP contribution in [0.15, 0.2) is 18.5 Å². The lowest BCUT2D eigenvalue weighted by Gasteiger charge is -2.32. The molecule has 1 aromatic rings.